The van der Waals surface area contributed by atoms with Crippen LogP contribution >= 0.6 is 0 Å². The van der Waals surface area contributed by atoms with E-state index < -0.39 is 0 Å². The van der Waals surface area contributed by atoms with Gasteiger partial charge in [-0.1, -0.05) is 43.2 Å². The molecule has 4 heteroatoms. The van der Waals surface area contributed by atoms with Gasteiger partial charge in [0.25, 0.3) is 0 Å². The molecule has 0 aromatic heterocycles. The lowest BCUT2D eigenvalue weighted by molar-refractivity contribution is -0.133. The highest BCUT2D eigenvalue weighted by Crippen LogP contribution is 2.13. The molecule has 1 amide bonds. The molecule has 0 spiro atoms. The highest BCUT2D eigenvalue weighted by molar-refractivity contribution is 5.82. The highest BCUT2D eigenvalue weighted by Gasteiger charge is 2.24. The van der Waals surface area contributed by atoms with Gasteiger partial charge in [0.15, 0.2) is 0 Å². The zero-order chi connectivity index (χ0) is 14.2. The van der Waals surface area contributed by atoms with Crippen molar-refractivity contribution in [1.82, 2.24) is 10.2 Å². The number of rotatable bonds is 4. The Morgan fingerprint density at radius 2 is 2.10 bits per heavy atom. The summed E-state index contributed by atoms with van der Waals surface area (Å²) in [5.41, 5.74) is 1.06. The quantitative estimate of drug-likeness (QED) is 0.853. The number of benzene rings is 1. The van der Waals surface area contributed by atoms with Crippen LogP contribution in [0.2, 0.25) is 0 Å². The highest BCUT2D eigenvalue weighted by atomic mass is 16.2. The van der Waals surface area contributed by atoms with Gasteiger partial charge in [0.2, 0.25) is 5.91 Å². The Balaban J connectivity index is 2.03. The summed E-state index contributed by atoms with van der Waals surface area (Å²) in [6.45, 7) is 1.54. The van der Waals surface area contributed by atoms with E-state index in [0.717, 1.165) is 31.4 Å². The fourth-order valence-electron chi connectivity index (χ4n) is 2.56. The number of amides is 1. The first-order valence-corrected chi connectivity index (χ1v) is 7.24. The lowest BCUT2D eigenvalue weighted by atomic mass is 10.1. The number of hydrogen-bond donors (Lipinski definition) is 1. The molecule has 106 valence electrons. The topological polar surface area (TPSA) is 56.1 Å². The van der Waals surface area contributed by atoms with Crippen LogP contribution in [0.4, 0.5) is 0 Å². The number of carbonyl (C=O) groups excluding carboxylic acids is 1. The Hall–Kier alpha value is -1.86. The molecule has 0 saturated carbocycles. The van der Waals surface area contributed by atoms with Gasteiger partial charge in [-0.25, -0.2) is 0 Å². The van der Waals surface area contributed by atoms with Crippen LogP contribution in [-0.4, -0.2) is 29.9 Å². The minimum Gasteiger partial charge on any atom is -0.324 e. The molecule has 1 saturated heterocycles. The molecule has 1 atom stereocenters. The summed E-state index contributed by atoms with van der Waals surface area (Å²) < 4.78 is 0. The van der Waals surface area contributed by atoms with E-state index in [1.165, 1.54) is 6.42 Å². The van der Waals surface area contributed by atoms with E-state index in [0.29, 0.717) is 6.54 Å². The van der Waals surface area contributed by atoms with Crippen molar-refractivity contribution in [2.75, 3.05) is 13.1 Å². The summed E-state index contributed by atoms with van der Waals surface area (Å²) in [4.78, 5) is 14.2. The van der Waals surface area contributed by atoms with Gasteiger partial charge < -0.3 is 10.2 Å². The third-order valence-corrected chi connectivity index (χ3v) is 3.65. The Kier molecular flexibility index (Phi) is 5.57. The van der Waals surface area contributed by atoms with Gasteiger partial charge in [-0.15, -0.1) is 0 Å². The summed E-state index contributed by atoms with van der Waals surface area (Å²) >= 11 is 0. The second-order valence-corrected chi connectivity index (χ2v) is 5.19. The number of nitrogens with one attached hydrogen (secondary N) is 1. The SMILES string of the molecule is N#CCN(Cc1ccccc1)C(=O)C1CCCCCN1. The molecular weight excluding hydrogens is 250 g/mol. The van der Waals surface area contributed by atoms with Gasteiger partial charge in [-0.2, -0.15) is 5.26 Å². The average molecular weight is 271 g/mol. The van der Waals surface area contributed by atoms with Crippen LogP contribution in [0.15, 0.2) is 30.3 Å². The van der Waals surface area contributed by atoms with Crippen molar-refractivity contribution in [2.24, 2.45) is 0 Å². The minimum absolute atomic E-state index is 0.0531. The molecule has 0 radical (unpaired) electrons. The van der Waals surface area contributed by atoms with Gasteiger partial charge in [0.05, 0.1) is 12.1 Å². The maximum atomic E-state index is 12.6. The third kappa shape index (κ3) is 4.07. The first-order chi connectivity index (χ1) is 9.81. The van der Waals surface area contributed by atoms with Crippen molar-refractivity contribution in [3.63, 3.8) is 0 Å². The molecule has 0 aliphatic carbocycles. The summed E-state index contributed by atoms with van der Waals surface area (Å²) in [7, 11) is 0. The van der Waals surface area contributed by atoms with Gasteiger partial charge in [-0.3, -0.25) is 4.79 Å². The maximum Gasteiger partial charge on any atom is 0.240 e. The predicted octanol–water partition coefficient (Wildman–Crippen LogP) is 2.07. The fraction of sp³-hybridized carbons (Fsp3) is 0.500. The van der Waals surface area contributed by atoms with Crippen molar-refractivity contribution in [3.8, 4) is 6.07 Å². The lowest BCUT2D eigenvalue weighted by Gasteiger charge is -2.25. The molecule has 1 heterocycles. The van der Waals surface area contributed by atoms with Crippen molar-refractivity contribution in [1.29, 1.82) is 5.26 Å². The zero-order valence-electron chi connectivity index (χ0n) is 11.7. The summed E-state index contributed by atoms with van der Waals surface area (Å²) in [6.07, 6.45) is 4.25. The van der Waals surface area contributed by atoms with Crippen LogP contribution in [-0.2, 0) is 11.3 Å². The molecular formula is C16H21N3O. The van der Waals surface area contributed by atoms with Crippen LogP contribution in [0.3, 0.4) is 0 Å². The molecule has 1 aliphatic rings. The molecule has 1 aromatic carbocycles. The summed E-state index contributed by atoms with van der Waals surface area (Å²) in [5.74, 6) is 0.0531. The first kappa shape index (κ1) is 14.5. The van der Waals surface area contributed by atoms with Gasteiger partial charge in [0, 0.05) is 6.54 Å². The van der Waals surface area contributed by atoms with Crippen LogP contribution < -0.4 is 5.32 Å². The number of nitrogens with zero attached hydrogens (tertiary/aromatic N) is 2. The van der Waals surface area contributed by atoms with E-state index in [1.807, 2.05) is 30.3 Å². The summed E-state index contributed by atoms with van der Waals surface area (Å²) in [5, 5.41) is 12.3. The van der Waals surface area contributed by atoms with Crippen molar-refractivity contribution in [3.05, 3.63) is 35.9 Å². The molecule has 2 rings (SSSR count). The van der Waals surface area contributed by atoms with Gasteiger partial charge in [-0.05, 0) is 24.9 Å². The average Bonchev–Trinajstić information content (AvgIpc) is 2.76. The molecule has 1 N–H and O–H groups in total. The number of nitriles is 1. The Bertz CT molecular complexity index is 458. The summed E-state index contributed by atoms with van der Waals surface area (Å²) in [6, 6.07) is 11.8. The van der Waals surface area contributed by atoms with Gasteiger partial charge in [0.1, 0.15) is 6.54 Å². The molecule has 4 nitrogen and oxygen atoms in total. The van der Waals surface area contributed by atoms with Crippen molar-refractivity contribution < 1.29 is 4.79 Å². The van der Waals surface area contributed by atoms with Crippen LogP contribution in [0.5, 0.6) is 0 Å². The number of hydrogen-bond acceptors (Lipinski definition) is 3. The van der Waals surface area contributed by atoms with E-state index in [1.54, 1.807) is 4.90 Å². The molecule has 20 heavy (non-hydrogen) atoms. The Morgan fingerprint density at radius 3 is 2.85 bits per heavy atom. The van der Waals surface area contributed by atoms with Crippen LogP contribution in [0.1, 0.15) is 31.2 Å². The Morgan fingerprint density at radius 1 is 1.30 bits per heavy atom. The second kappa shape index (κ2) is 7.66. The van der Waals surface area contributed by atoms with E-state index in [4.69, 9.17) is 5.26 Å². The standard InChI is InChI=1S/C16H21N3O/c17-10-12-19(13-14-7-3-1-4-8-14)16(20)15-9-5-2-6-11-18-15/h1,3-4,7-8,15,18H,2,5-6,9,11-13H2. The minimum atomic E-state index is -0.130. The Labute approximate surface area is 120 Å². The largest absolute Gasteiger partial charge is 0.324 e. The van der Waals surface area contributed by atoms with E-state index in [9.17, 15) is 4.79 Å². The van der Waals surface area contributed by atoms with Crippen molar-refractivity contribution in [2.45, 2.75) is 38.3 Å². The third-order valence-electron chi connectivity index (χ3n) is 3.65. The second-order valence-electron chi connectivity index (χ2n) is 5.19. The van der Waals surface area contributed by atoms with Crippen LogP contribution in [0.25, 0.3) is 0 Å². The molecule has 1 aliphatic heterocycles. The van der Waals surface area contributed by atoms with Crippen molar-refractivity contribution >= 4 is 5.91 Å². The molecule has 1 aromatic rings. The van der Waals surface area contributed by atoms with E-state index >= 15 is 0 Å². The number of carbonyl (C=O) groups is 1. The van der Waals surface area contributed by atoms with Gasteiger partial charge >= 0.3 is 0 Å². The zero-order valence-corrected chi connectivity index (χ0v) is 11.7. The van der Waals surface area contributed by atoms with E-state index in [2.05, 4.69) is 11.4 Å². The monoisotopic (exact) mass is 271 g/mol. The normalized spacial score (nSPS) is 18.9. The smallest absolute Gasteiger partial charge is 0.240 e. The predicted molar refractivity (Wildman–Crippen MR) is 77.7 cm³/mol. The van der Waals surface area contributed by atoms with E-state index in [-0.39, 0.29) is 18.5 Å². The molecule has 1 fully saturated rings. The first-order valence-electron chi connectivity index (χ1n) is 7.24. The lowest BCUT2D eigenvalue weighted by Crippen LogP contribution is -2.46. The molecule has 0 bridgehead atoms. The van der Waals surface area contributed by atoms with Crippen LogP contribution in [0, 0.1) is 11.3 Å². The fourth-order valence-corrected chi connectivity index (χ4v) is 2.56. The maximum absolute atomic E-state index is 12.6. The molecule has 1 unspecified atom stereocenters.